The fourth-order valence-corrected chi connectivity index (χ4v) is 0.789. The van der Waals surface area contributed by atoms with Gasteiger partial charge in [-0.1, -0.05) is 0 Å². The van der Waals surface area contributed by atoms with Crippen LogP contribution in [0.1, 0.15) is 31.3 Å². The van der Waals surface area contributed by atoms with E-state index in [0.717, 1.165) is 0 Å². The molecule has 0 fully saturated rings. The number of ether oxygens (including phenoxy) is 1. The lowest BCUT2D eigenvalue weighted by atomic mass is 10.2. The summed E-state index contributed by atoms with van der Waals surface area (Å²) in [6, 6.07) is 2.55. The molecule has 5 nitrogen and oxygen atoms in total. The van der Waals surface area contributed by atoms with Gasteiger partial charge in [-0.25, -0.2) is 9.89 Å². The van der Waals surface area contributed by atoms with Gasteiger partial charge in [-0.2, -0.15) is 5.10 Å². The molecule has 0 saturated carbocycles. The van der Waals surface area contributed by atoms with Crippen molar-refractivity contribution in [1.29, 1.82) is 0 Å². The fourth-order valence-electron chi connectivity index (χ4n) is 0.789. The van der Waals surface area contributed by atoms with Gasteiger partial charge in [0.15, 0.2) is 5.69 Å². The molecule has 0 aliphatic heterocycles. The largest absolute Gasteiger partial charge is 0.455 e. The zero-order valence-corrected chi connectivity index (χ0v) is 8.33. The molecule has 0 spiro atoms. The van der Waals surface area contributed by atoms with Gasteiger partial charge in [-0.15, -0.1) is 0 Å². The first-order chi connectivity index (χ1) is 6.38. The third-order valence-electron chi connectivity index (χ3n) is 1.29. The number of hydrogen-bond donors (Lipinski definition) is 1. The molecule has 0 saturated heterocycles. The number of hydrogen-bond acceptors (Lipinski definition) is 4. The van der Waals surface area contributed by atoms with Crippen molar-refractivity contribution in [1.82, 2.24) is 10.2 Å². The van der Waals surface area contributed by atoms with E-state index in [9.17, 15) is 9.59 Å². The lowest BCUT2D eigenvalue weighted by Gasteiger charge is -2.18. The highest BCUT2D eigenvalue weighted by atomic mass is 16.6. The summed E-state index contributed by atoms with van der Waals surface area (Å²) in [5.74, 6) is -0.547. The summed E-state index contributed by atoms with van der Waals surface area (Å²) in [5, 5.41) is 5.71. The van der Waals surface area contributed by atoms with Crippen molar-refractivity contribution in [3.8, 4) is 0 Å². The lowest BCUT2D eigenvalue weighted by molar-refractivity contribution is 0.00615. The molecular formula is C9H12N2O3. The van der Waals surface area contributed by atoms with E-state index in [-0.39, 0.29) is 11.3 Å². The average Bonchev–Trinajstić information content (AvgIpc) is 2.02. The molecule has 0 atom stereocenters. The minimum atomic E-state index is -0.561. The third kappa shape index (κ3) is 3.01. The third-order valence-corrected chi connectivity index (χ3v) is 1.29. The zero-order chi connectivity index (χ0) is 10.8. The molecule has 0 radical (unpaired) electrons. The molecule has 1 aromatic heterocycles. The SMILES string of the molecule is CC(C)(C)OC(=O)c1ccc(=O)[nH]n1. The first-order valence-corrected chi connectivity index (χ1v) is 4.17. The van der Waals surface area contributed by atoms with Crippen molar-refractivity contribution in [2.24, 2.45) is 0 Å². The van der Waals surface area contributed by atoms with Crippen molar-refractivity contribution in [3.63, 3.8) is 0 Å². The number of nitrogens with zero attached hydrogens (tertiary/aromatic N) is 1. The van der Waals surface area contributed by atoms with Crippen LogP contribution in [0.5, 0.6) is 0 Å². The summed E-state index contributed by atoms with van der Waals surface area (Å²) >= 11 is 0. The first-order valence-electron chi connectivity index (χ1n) is 4.17. The minimum absolute atomic E-state index is 0.0968. The summed E-state index contributed by atoms with van der Waals surface area (Å²) in [6.45, 7) is 5.28. The summed E-state index contributed by atoms with van der Waals surface area (Å²) in [6.07, 6.45) is 0. The number of H-pyrrole nitrogens is 1. The van der Waals surface area contributed by atoms with Crippen LogP contribution in [0.4, 0.5) is 0 Å². The lowest BCUT2D eigenvalue weighted by Crippen LogP contribution is -2.25. The molecule has 0 aromatic carbocycles. The maximum atomic E-state index is 11.4. The molecule has 0 aliphatic rings. The number of carbonyl (C=O) groups excluding carboxylic acids is 1. The molecule has 1 heterocycles. The Kier molecular flexibility index (Phi) is 2.69. The fraction of sp³-hybridized carbons (Fsp3) is 0.444. The predicted octanol–water partition coefficient (Wildman–Crippen LogP) is 0.725. The van der Waals surface area contributed by atoms with E-state index < -0.39 is 11.6 Å². The van der Waals surface area contributed by atoms with Crippen molar-refractivity contribution < 1.29 is 9.53 Å². The Morgan fingerprint density at radius 3 is 2.50 bits per heavy atom. The Hall–Kier alpha value is -1.65. The number of esters is 1. The molecular weight excluding hydrogens is 184 g/mol. The van der Waals surface area contributed by atoms with E-state index in [0.29, 0.717) is 0 Å². The molecule has 76 valence electrons. The van der Waals surface area contributed by atoms with Crippen LogP contribution in [0.25, 0.3) is 0 Å². The summed E-state index contributed by atoms with van der Waals surface area (Å²) in [5.41, 5.74) is -0.814. The number of rotatable bonds is 1. The smallest absolute Gasteiger partial charge is 0.359 e. The molecule has 1 N–H and O–H groups in total. The Bertz CT molecular complexity index is 369. The molecule has 1 aromatic rings. The van der Waals surface area contributed by atoms with E-state index >= 15 is 0 Å². The summed E-state index contributed by atoms with van der Waals surface area (Å²) in [4.78, 5) is 22.0. The maximum absolute atomic E-state index is 11.4. The van der Waals surface area contributed by atoms with E-state index in [2.05, 4.69) is 10.2 Å². The highest BCUT2D eigenvalue weighted by Gasteiger charge is 2.18. The average molecular weight is 196 g/mol. The van der Waals surface area contributed by atoms with Gasteiger partial charge in [0.2, 0.25) is 0 Å². The Morgan fingerprint density at radius 2 is 2.07 bits per heavy atom. The zero-order valence-electron chi connectivity index (χ0n) is 8.33. The predicted molar refractivity (Wildman–Crippen MR) is 50.0 cm³/mol. The maximum Gasteiger partial charge on any atom is 0.359 e. The Morgan fingerprint density at radius 1 is 1.43 bits per heavy atom. The van der Waals surface area contributed by atoms with Crippen molar-refractivity contribution >= 4 is 5.97 Å². The molecule has 14 heavy (non-hydrogen) atoms. The van der Waals surface area contributed by atoms with Gasteiger partial charge in [0.1, 0.15) is 5.60 Å². The molecule has 0 unspecified atom stereocenters. The molecule has 5 heteroatoms. The minimum Gasteiger partial charge on any atom is -0.455 e. The molecule has 1 rings (SSSR count). The summed E-state index contributed by atoms with van der Waals surface area (Å²) < 4.78 is 5.04. The molecule has 0 bridgehead atoms. The van der Waals surface area contributed by atoms with Gasteiger partial charge >= 0.3 is 5.97 Å². The van der Waals surface area contributed by atoms with Gasteiger partial charge in [0.25, 0.3) is 5.56 Å². The highest BCUT2D eigenvalue weighted by molar-refractivity contribution is 5.87. The van der Waals surface area contributed by atoms with Crippen LogP contribution in [0.15, 0.2) is 16.9 Å². The van der Waals surface area contributed by atoms with Gasteiger partial charge in [0.05, 0.1) is 0 Å². The topological polar surface area (TPSA) is 72.1 Å². The van der Waals surface area contributed by atoms with Crippen molar-refractivity contribution in [2.75, 3.05) is 0 Å². The second-order valence-corrected chi connectivity index (χ2v) is 3.81. The van der Waals surface area contributed by atoms with Gasteiger partial charge in [0, 0.05) is 6.07 Å². The van der Waals surface area contributed by atoms with E-state index in [1.165, 1.54) is 12.1 Å². The van der Waals surface area contributed by atoms with Crippen LogP contribution >= 0.6 is 0 Å². The van der Waals surface area contributed by atoms with Crippen molar-refractivity contribution in [3.05, 3.63) is 28.2 Å². The number of carbonyl (C=O) groups is 1. The molecule has 0 aliphatic carbocycles. The first kappa shape index (κ1) is 10.4. The Labute approximate surface area is 81.1 Å². The van der Waals surface area contributed by atoms with E-state index in [1.807, 2.05) is 0 Å². The van der Waals surface area contributed by atoms with Crippen LogP contribution in [-0.2, 0) is 4.74 Å². The standard InChI is InChI=1S/C9H12N2O3/c1-9(2,3)14-8(13)6-4-5-7(12)11-10-6/h4-5H,1-3H3,(H,11,12). The number of nitrogens with one attached hydrogen (secondary N) is 1. The second-order valence-electron chi connectivity index (χ2n) is 3.81. The Balaban J connectivity index is 2.81. The van der Waals surface area contributed by atoms with Gasteiger partial charge in [-0.05, 0) is 26.8 Å². The second kappa shape index (κ2) is 3.61. The van der Waals surface area contributed by atoms with Crippen LogP contribution in [0.2, 0.25) is 0 Å². The van der Waals surface area contributed by atoms with E-state index in [1.54, 1.807) is 20.8 Å². The summed E-state index contributed by atoms with van der Waals surface area (Å²) in [7, 11) is 0. The van der Waals surface area contributed by atoms with Gasteiger partial charge in [-0.3, -0.25) is 4.79 Å². The van der Waals surface area contributed by atoms with E-state index in [4.69, 9.17) is 4.74 Å². The van der Waals surface area contributed by atoms with Crippen LogP contribution in [-0.4, -0.2) is 21.8 Å². The monoisotopic (exact) mass is 196 g/mol. The molecule has 0 amide bonds. The highest BCUT2D eigenvalue weighted by Crippen LogP contribution is 2.09. The van der Waals surface area contributed by atoms with Crippen LogP contribution in [0.3, 0.4) is 0 Å². The van der Waals surface area contributed by atoms with Crippen LogP contribution < -0.4 is 5.56 Å². The van der Waals surface area contributed by atoms with Crippen molar-refractivity contribution in [2.45, 2.75) is 26.4 Å². The number of aromatic nitrogens is 2. The normalized spacial score (nSPS) is 11.1. The quantitative estimate of drug-likeness (QED) is 0.672. The number of aromatic amines is 1. The van der Waals surface area contributed by atoms with Gasteiger partial charge < -0.3 is 4.74 Å². The van der Waals surface area contributed by atoms with Crippen LogP contribution in [0, 0.1) is 0 Å².